The first kappa shape index (κ1) is 22.6. The lowest BCUT2D eigenvalue weighted by atomic mass is 10.1. The van der Waals surface area contributed by atoms with E-state index in [0.717, 1.165) is 49.9 Å². The van der Waals surface area contributed by atoms with Gasteiger partial charge in [-0.2, -0.15) is 4.98 Å². The van der Waals surface area contributed by atoms with Crippen LogP contribution in [0.2, 0.25) is 0 Å². The monoisotopic (exact) mass is 446 g/mol. The van der Waals surface area contributed by atoms with Crippen molar-refractivity contribution in [3.63, 3.8) is 0 Å². The number of rotatable bonds is 8. The number of hydrogen-bond donors (Lipinski definition) is 0. The number of likely N-dealkylation sites (N-methyl/N-ethyl adjacent to an activating group) is 1. The normalized spacial score (nSPS) is 17.5. The van der Waals surface area contributed by atoms with Crippen molar-refractivity contribution in [2.45, 2.75) is 52.2 Å². The maximum Gasteiger partial charge on any atom is 0.332 e. The van der Waals surface area contributed by atoms with Gasteiger partial charge in [0.15, 0.2) is 11.2 Å². The Balaban J connectivity index is 1.61. The van der Waals surface area contributed by atoms with Gasteiger partial charge >= 0.3 is 5.69 Å². The molecule has 32 heavy (non-hydrogen) atoms. The molecule has 4 rings (SSSR count). The van der Waals surface area contributed by atoms with E-state index in [4.69, 9.17) is 4.74 Å². The number of fused-ring (bicyclic) bond motifs is 1. The third-order valence-electron chi connectivity index (χ3n) is 6.80. The predicted molar refractivity (Wildman–Crippen MR) is 121 cm³/mol. The molecule has 2 aliphatic rings. The number of hydrogen-bond acceptors (Lipinski definition) is 6. The maximum absolute atomic E-state index is 13.0. The quantitative estimate of drug-likeness (QED) is 0.588. The molecule has 1 aliphatic carbocycles. The molecule has 0 radical (unpaired) electrons. The number of ether oxygens (including phenoxy) is 1. The van der Waals surface area contributed by atoms with Crippen LogP contribution in [-0.2, 0) is 25.4 Å². The van der Waals surface area contributed by atoms with Crippen LogP contribution in [0.3, 0.4) is 0 Å². The van der Waals surface area contributed by atoms with Crippen LogP contribution in [0, 0.1) is 5.92 Å². The lowest BCUT2D eigenvalue weighted by molar-refractivity contribution is -0.134. The minimum absolute atomic E-state index is 0.0804. The Morgan fingerprint density at radius 3 is 2.31 bits per heavy atom. The fraction of sp³-hybridized carbons (Fsp3) is 0.727. The minimum Gasteiger partial charge on any atom is -0.461 e. The third-order valence-corrected chi connectivity index (χ3v) is 6.80. The zero-order valence-corrected chi connectivity index (χ0v) is 19.5. The number of likely N-dealkylation sites (tertiary alicyclic amines) is 1. The number of aryl methyl sites for hydroxylation is 1. The number of amides is 1. The maximum atomic E-state index is 13.0. The number of imidazole rings is 1. The van der Waals surface area contributed by atoms with Crippen LogP contribution in [0.25, 0.3) is 11.2 Å². The van der Waals surface area contributed by atoms with Crippen molar-refractivity contribution in [1.29, 1.82) is 0 Å². The second-order valence-corrected chi connectivity index (χ2v) is 8.87. The lowest BCUT2D eigenvalue weighted by Crippen LogP contribution is -2.42. The average molecular weight is 447 g/mol. The Labute approximate surface area is 187 Å². The summed E-state index contributed by atoms with van der Waals surface area (Å²) in [6, 6.07) is 0.373. The Morgan fingerprint density at radius 2 is 1.72 bits per heavy atom. The van der Waals surface area contributed by atoms with E-state index in [1.807, 2.05) is 9.47 Å². The highest BCUT2D eigenvalue weighted by atomic mass is 16.5. The van der Waals surface area contributed by atoms with E-state index >= 15 is 0 Å². The van der Waals surface area contributed by atoms with E-state index in [1.54, 1.807) is 7.05 Å². The molecule has 0 unspecified atom stereocenters. The van der Waals surface area contributed by atoms with Gasteiger partial charge in [0.1, 0.15) is 6.10 Å². The van der Waals surface area contributed by atoms with Crippen molar-refractivity contribution in [2.75, 3.05) is 32.7 Å². The summed E-state index contributed by atoms with van der Waals surface area (Å²) in [6.07, 6.45) is 3.41. The van der Waals surface area contributed by atoms with Crippen LogP contribution >= 0.6 is 0 Å². The molecule has 10 heteroatoms. The first-order valence-electron chi connectivity index (χ1n) is 11.7. The third kappa shape index (κ3) is 4.20. The fourth-order valence-electron chi connectivity index (χ4n) is 4.44. The SMILES string of the molecule is CCN(CC)CCn1c(OC2CCN(C(=O)C3CC3)CC2)nc2c1c(=O)n(C)c(=O)n2C. The molecule has 0 bridgehead atoms. The molecule has 2 aromatic rings. The van der Waals surface area contributed by atoms with E-state index in [0.29, 0.717) is 36.8 Å². The van der Waals surface area contributed by atoms with Gasteiger partial charge in [0.05, 0.1) is 0 Å². The molecule has 1 saturated carbocycles. The second kappa shape index (κ2) is 9.09. The van der Waals surface area contributed by atoms with Gasteiger partial charge in [-0.25, -0.2) is 4.79 Å². The Morgan fingerprint density at radius 1 is 1.06 bits per heavy atom. The topological polar surface area (TPSA) is 94.6 Å². The summed E-state index contributed by atoms with van der Waals surface area (Å²) in [6.45, 7) is 8.67. The number of nitrogens with zero attached hydrogens (tertiary/aromatic N) is 6. The molecule has 2 fully saturated rings. The van der Waals surface area contributed by atoms with Gasteiger partial charge in [0.25, 0.3) is 11.6 Å². The van der Waals surface area contributed by atoms with Gasteiger partial charge < -0.3 is 14.5 Å². The molecule has 3 heterocycles. The van der Waals surface area contributed by atoms with Crippen molar-refractivity contribution in [2.24, 2.45) is 20.0 Å². The summed E-state index contributed by atoms with van der Waals surface area (Å²) >= 11 is 0. The highest BCUT2D eigenvalue weighted by molar-refractivity contribution is 5.81. The van der Waals surface area contributed by atoms with E-state index in [1.165, 1.54) is 11.6 Å². The van der Waals surface area contributed by atoms with Gasteiger partial charge in [-0.15, -0.1) is 0 Å². The van der Waals surface area contributed by atoms with Crippen LogP contribution < -0.4 is 16.0 Å². The van der Waals surface area contributed by atoms with Crippen molar-refractivity contribution in [1.82, 2.24) is 28.5 Å². The van der Waals surface area contributed by atoms with Gasteiger partial charge in [-0.05, 0) is 25.9 Å². The second-order valence-electron chi connectivity index (χ2n) is 8.87. The van der Waals surface area contributed by atoms with E-state index < -0.39 is 5.69 Å². The van der Waals surface area contributed by atoms with Gasteiger partial charge in [0.2, 0.25) is 5.91 Å². The summed E-state index contributed by atoms with van der Waals surface area (Å²) < 4.78 is 10.6. The highest BCUT2D eigenvalue weighted by Crippen LogP contribution is 2.32. The van der Waals surface area contributed by atoms with Crippen LogP contribution in [0.1, 0.15) is 39.5 Å². The smallest absolute Gasteiger partial charge is 0.332 e. The summed E-state index contributed by atoms with van der Waals surface area (Å²) in [5.41, 5.74) is -0.0451. The summed E-state index contributed by atoms with van der Waals surface area (Å²) in [7, 11) is 3.11. The first-order valence-corrected chi connectivity index (χ1v) is 11.7. The van der Waals surface area contributed by atoms with Crippen molar-refractivity contribution < 1.29 is 9.53 Å². The molecule has 2 aromatic heterocycles. The van der Waals surface area contributed by atoms with E-state index in [9.17, 15) is 14.4 Å². The molecular weight excluding hydrogens is 412 g/mol. The van der Waals surface area contributed by atoms with Gasteiger partial charge in [-0.1, -0.05) is 13.8 Å². The van der Waals surface area contributed by atoms with Gasteiger partial charge in [0, 0.05) is 59.0 Å². The van der Waals surface area contributed by atoms with Gasteiger partial charge in [-0.3, -0.25) is 23.3 Å². The molecule has 0 N–H and O–H groups in total. The van der Waals surface area contributed by atoms with Crippen molar-refractivity contribution in [3.8, 4) is 6.01 Å². The van der Waals surface area contributed by atoms with E-state index in [-0.39, 0.29) is 23.5 Å². The Kier molecular flexibility index (Phi) is 6.41. The molecule has 0 spiro atoms. The average Bonchev–Trinajstić information content (AvgIpc) is 3.59. The molecular formula is C22H34N6O4. The standard InChI is InChI=1S/C22H34N6O4/c1-5-26(6-2)13-14-28-17-18(24(3)22(31)25(4)20(17)30)23-21(28)32-16-9-11-27(12-10-16)19(29)15-7-8-15/h15-16H,5-14H2,1-4H3. The van der Waals surface area contributed by atoms with Crippen molar-refractivity contribution in [3.05, 3.63) is 20.8 Å². The molecule has 1 saturated heterocycles. The largest absolute Gasteiger partial charge is 0.461 e. The number of aromatic nitrogens is 4. The van der Waals surface area contributed by atoms with E-state index in [2.05, 4.69) is 23.7 Å². The van der Waals surface area contributed by atoms with Crippen LogP contribution in [0.4, 0.5) is 0 Å². The molecule has 10 nitrogen and oxygen atoms in total. The Bertz CT molecular complexity index is 1100. The first-order chi connectivity index (χ1) is 15.3. The zero-order chi connectivity index (χ0) is 23.0. The Hall–Kier alpha value is -2.62. The van der Waals surface area contributed by atoms with Crippen LogP contribution in [0.15, 0.2) is 9.59 Å². The zero-order valence-electron chi connectivity index (χ0n) is 19.5. The molecule has 176 valence electrons. The summed E-state index contributed by atoms with van der Waals surface area (Å²) in [4.78, 5) is 46.5. The fourth-order valence-corrected chi connectivity index (χ4v) is 4.44. The van der Waals surface area contributed by atoms with Crippen LogP contribution in [-0.4, -0.2) is 73.2 Å². The summed E-state index contributed by atoms with van der Waals surface area (Å²) in [5, 5.41) is 0. The molecule has 1 aliphatic heterocycles. The number of piperidine rings is 1. The van der Waals surface area contributed by atoms with Crippen LogP contribution in [0.5, 0.6) is 6.01 Å². The number of carbonyl (C=O) groups is 1. The molecule has 0 aromatic carbocycles. The minimum atomic E-state index is -0.408. The summed E-state index contributed by atoms with van der Waals surface area (Å²) in [5.74, 6) is 0.502. The molecule has 0 atom stereocenters. The highest BCUT2D eigenvalue weighted by Gasteiger charge is 2.35. The predicted octanol–water partition coefficient (Wildman–Crippen LogP) is 0.555. The number of carbonyl (C=O) groups excluding carboxylic acids is 1. The molecule has 1 amide bonds. The van der Waals surface area contributed by atoms with Crippen molar-refractivity contribution >= 4 is 17.1 Å². The lowest BCUT2D eigenvalue weighted by Gasteiger charge is -2.32.